The third-order valence-corrected chi connectivity index (χ3v) is 7.82. The van der Waals surface area contributed by atoms with Gasteiger partial charge in [-0.2, -0.15) is 0 Å². The van der Waals surface area contributed by atoms with Crippen molar-refractivity contribution in [2.75, 3.05) is 17.2 Å². The minimum absolute atomic E-state index is 0.304. The molecule has 2 heterocycles. The molecule has 3 aromatic carbocycles. The number of ether oxygens (including phenoxy) is 1. The summed E-state index contributed by atoms with van der Waals surface area (Å²) in [6, 6.07) is 26.1. The third kappa shape index (κ3) is 5.31. The van der Waals surface area contributed by atoms with Crippen LogP contribution in [0.2, 0.25) is 0 Å². The van der Waals surface area contributed by atoms with E-state index in [1.54, 1.807) is 18.3 Å². The molecule has 0 amide bonds. The Morgan fingerprint density at radius 1 is 0.944 bits per heavy atom. The maximum Gasteiger partial charge on any atom is 0.341 e. The number of fused-ring (bicyclic) bond motifs is 1. The van der Waals surface area contributed by atoms with Crippen molar-refractivity contribution in [1.29, 1.82) is 0 Å². The number of anilines is 2. The van der Waals surface area contributed by atoms with Crippen LogP contribution >= 0.6 is 34.9 Å². The van der Waals surface area contributed by atoms with Crippen molar-refractivity contribution in [3.63, 3.8) is 0 Å². The molecule has 0 unspecified atom stereocenters. The Labute approximate surface area is 222 Å². The molecular formula is C28H23N3O2S3. The van der Waals surface area contributed by atoms with Crippen molar-refractivity contribution < 1.29 is 9.53 Å². The topological polar surface area (TPSA) is 63.2 Å². The van der Waals surface area contributed by atoms with Gasteiger partial charge in [-0.05, 0) is 79.7 Å². The Morgan fingerprint density at radius 3 is 2.47 bits per heavy atom. The molecule has 180 valence electrons. The fourth-order valence-electron chi connectivity index (χ4n) is 3.71. The first-order valence-corrected chi connectivity index (χ1v) is 13.5. The van der Waals surface area contributed by atoms with Gasteiger partial charge in [-0.1, -0.05) is 36.4 Å². The second-order valence-electron chi connectivity index (χ2n) is 8.09. The molecule has 8 heteroatoms. The molecule has 0 radical (unpaired) electrons. The number of nitrogens with zero attached hydrogens (tertiary/aromatic N) is 1. The van der Waals surface area contributed by atoms with Crippen molar-refractivity contribution >= 4 is 66.9 Å². The van der Waals surface area contributed by atoms with Crippen molar-refractivity contribution in [2.45, 2.75) is 13.8 Å². The summed E-state index contributed by atoms with van der Waals surface area (Å²) in [5.41, 5.74) is 5.62. The van der Waals surface area contributed by atoms with Crippen molar-refractivity contribution in [1.82, 2.24) is 4.98 Å². The molecule has 0 saturated carbocycles. The number of thiazole rings is 1. The van der Waals surface area contributed by atoms with Gasteiger partial charge >= 0.3 is 5.97 Å². The summed E-state index contributed by atoms with van der Waals surface area (Å²) in [7, 11) is 0. The van der Waals surface area contributed by atoms with Crippen LogP contribution in [0.3, 0.4) is 0 Å². The van der Waals surface area contributed by atoms with Gasteiger partial charge in [-0.25, -0.2) is 9.78 Å². The van der Waals surface area contributed by atoms with Crippen LogP contribution in [0.4, 0.5) is 10.7 Å². The maximum absolute atomic E-state index is 12.6. The van der Waals surface area contributed by atoms with E-state index in [9.17, 15) is 4.79 Å². The van der Waals surface area contributed by atoms with E-state index in [-0.39, 0.29) is 5.97 Å². The number of aryl methyl sites for hydroxylation is 1. The van der Waals surface area contributed by atoms with E-state index in [0.29, 0.717) is 22.3 Å². The van der Waals surface area contributed by atoms with Gasteiger partial charge in [-0.3, -0.25) is 0 Å². The van der Waals surface area contributed by atoms with Crippen molar-refractivity contribution in [2.24, 2.45) is 0 Å². The predicted molar refractivity (Wildman–Crippen MR) is 155 cm³/mol. The second kappa shape index (κ2) is 10.6. The van der Waals surface area contributed by atoms with Gasteiger partial charge < -0.3 is 15.4 Å². The fourth-order valence-corrected chi connectivity index (χ4v) is 6.12. The van der Waals surface area contributed by atoms with Gasteiger partial charge in [0.25, 0.3) is 0 Å². The molecule has 0 aliphatic rings. The molecule has 0 bridgehead atoms. The van der Waals surface area contributed by atoms with Crippen molar-refractivity contribution in [3.8, 4) is 21.0 Å². The summed E-state index contributed by atoms with van der Waals surface area (Å²) in [5.74, 6) is -0.378. The average Bonchev–Trinajstić information content (AvgIpc) is 3.49. The standard InChI is InChI=1S/C28H23N3O2S3/c1-3-33-27(32)21-16-23(18-7-5-4-6-8-18)35-26(21)31-28(34)29-20-12-10-19(11-13-20)25-30-22-14-9-17(2)15-24(22)36-25/h4-16H,3H2,1-2H3,(H2,29,31,34). The number of nitrogens with one attached hydrogen (secondary N) is 2. The lowest BCUT2D eigenvalue weighted by molar-refractivity contribution is 0.0528. The molecule has 0 fully saturated rings. The number of carbonyl (C=O) groups is 1. The average molecular weight is 530 g/mol. The summed E-state index contributed by atoms with van der Waals surface area (Å²) >= 11 is 8.70. The first kappa shape index (κ1) is 24.1. The number of hydrogen-bond donors (Lipinski definition) is 2. The fraction of sp³-hybridized carbons (Fsp3) is 0.107. The lowest BCUT2D eigenvalue weighted by Gasteiger charge is -2.11. The zero-order valence-electron chi connectivity index (χ0n) is 19.7. The van der Waals surface area contributed by atoms with Gasteiger partial charge in [0.2, 0.25) is 0 Å². The molecule has 5 rings (SSSR count). The smallest absolute Gasteiger partial charge is 0.341 e. The number of esters is 1. The van der Waals surface area contributed by atoms with Crippen LogP contribution in [0.15, 0.2) is 78.9 Å². The van der Waals surface area contributed by atoms with Crippen LogP contribution in [-0.2, 0) is 4.74 Å². The Hall–Kier alpha value is -3.59. The zero-order valence-corrected chi connectivity index (χ0v) is 22.2. The molecule has 2 aromatic heterocycles. The van der Waals surface area contributed by atoms with E-state index in [0.717, 1.165) is 32.2 Å². The van der Waals surface area contributed by atoms with Crippen molar-refractivity contribution in [3.05, 3.63) is 90.0 Å². The molecule has 0 aliphatic carbocycles. The van der Waals surface area contributed by atoms with Crippen LogP contribution in [0.1, 0.15) is 22.8 Å². The highest BCUT2D eigenvalue weighted by Gasteiger charge is 2.19. The number of thiophene rings is 1. The van der Waals surface area contributed by atoms with Crippen LogP contribution in [0, 0.1) is 6.92 Å². The van der Waals surface area contributed by atoms with E-state index in [1.807, 2.05) is 60.7 Å². The second-order valence-corrected chi connectivity index (χ2v) is 10.6. The maximum atomic E-state index is 12.6. The molecule has 0 spiro atoms. The largest absolute Gasteiger partial charge is 0.462 e. The number of aromatic nitrogens is 1. The summed E-state index contributed by atoms with van der Waals surface area (Å²) in [6.07, 6.45) is 0. The Bertz CT molecular complexity index is 1540. The van der Waals surface area contributed by atoms with Crippen LogP contribution in [0.5, 0.6) is 0 Å². The van der Waals surface area contributed by atoms with Crippen LogP contribution in [-0.4, -0.2) is 22.7 Å². The quantitative estimate of drug-likeness (QED) is 0.172. The van der Waals surface area contributed by atoms with Gasteiger partial charge in [0.15, 0.2) is 5.11 Å². The molecule has 36 heavy (non-hydrogen) atoms. The number of hydrogen-bond acceptors (Lipinski definition) is 6. The summed E-state index contributed by atoms with van der Waals surface area (Å²) in [5, 5.41) is 8.41. The SMILES string of the molecule is CCOC(=O)c1cc(-c2ccccc2)sc1NC(=S)Nc1ccc(-c2nc3ccc(C)cc3s2)cc1. The lowest BCUT2D eigenvalue weighted by Crippen LogP contribution is -2.20. The highest BCUT2D eigenvalue weighted by molar-refractivity contribution is 7.80. The molecule has 5 aromatic rings. The number of thiocarbonyl (C=S) groups is 1. The normalized spacial score (nSPS) is 10.8. The number of benzene rings is 3. The van der Waals surface area contributed by atoms with Gasteiger partial charge in [0.1, 0.15) is 10.0 Å². The van der Waals surface area contributed by atoms with Crippen LogP contribution < -0.4 is 10.6 Å². The van der Waals surface area contributed by atoms with Gasteiger partial charge in [0.05, 0.1) is 22.4 Å². The van der Waals surface area contributed by atoms with E-state index in [4.69, 9.17) is 21.9 Å². The minimum Gasteiger partial charge on any atom is -0.462 e. The molecule has 0 aliphatic heterocycles. The molecule has 2 N–H and O–H groups in total. The zero-order chi connectivity index (χ0) is 25.1. The lowest BCUT2D eigenvalue weighted by atomic mass is 10.1. The summed E-state index contributed by atoms with van der Waals surface area (Å²) in [4.78, 5) is 18.3. The predicted octanol–water partition coefficient (Wildman–Crippen LogP) is 7.99. The van der Waals surface area contributed by atoms with Crippen LogP contribution in [0.25, 0.3) is 31.2 Å². The summed E-state index contributed by atoms with van der Waals surface area (Å²) < 4.78 is 6.44. The Balaban J connectivity index is 1.32. The Morgan fingerprint density at radius 2 is 1.72 bits per heavy atom. The highest BCUT2D eigenvalue weighted by Crippen LogP contribution is 2.36. The third-order valence-electron chi connectivity index (χ3n) is 5.45. The van der Waals surface area contributed by atoms with E-state index in [1.165, 1.54) is 21.6 Å². The molecule has 0 atom stereocenters. The van der Waals surface area contributed by atoms with E-state index >= 15 is 0 Å². The monoisotopic (exact) mass is 529 g/mol. The molecule has 5 nitrogen and oxygen atoms in total. The first-order valence-electron chi connectivity index (χ1n) is 11.4. The van der Waals surface area contributed by atoms with Gasteiger partial charge in [-0.15, -0.1) is 22.7 Å². The number of rotatable bonds is 6. The van der Waals surface area contributed by atoms with Gasteiger partial charge in [0, 0.05) is 16.1 Å². The Kier molecular flexibility index (Phi) is 7.09. The molecular weight excluding hydrogens is 507 g/mol. The van der Waals surface area contributed by atoms with E-state index in [2.05, 4.69) is 35.8 Å². The highest BCUT2D eigenvalue weighted by atomic mass is 32.1. The molecule has 0 saturated heterocycles. The summed E-state index contributed by atoms with van der Waals surface area (Å²) in [6.45, 7) is 4.18. The number of carbonyl (C=O) groups excluding carboxylic acids is 1. The van der Waals surface area contributed by atoms with E-state index < -0.39 is 0 Å². The first-order chi connectivity index (χ1) is 17.5. The minimum atomic E-state index is -0.378.